The molecule has 1 atom stereocenters. The van der Waals surface area contributed by atoms with Gasteiger partial charge in [-0.3, -0.25) is 4.79 Å². The van der Waals surface area contributed by atoms with E-state index >= 15 is 0 Å². The summed E-state index contributed by atoms with van der Waals surface area (Å²) in [4.78, 5) is 13.9. The molecule has 0 aliphatic heterocycles. The first-order valence-corrected chi connectivity index (χ1v) is 8.15. The van der Waals surface area contributed by atoms with Crippen molar-refractivity contribution in [2.75, 3.05) is 24.3 Å². The quantitative estimate of drug-likeness (QED) is 0.835. The van der Waals surface area contributed by atoms with E-state index in [1.165, 1.54) is 11.2 Å². The molecule has 1 unspecified atom stereocenters. The van der Waals surface area contributed by atoms with Crippen LogP contribution in [0, 0.1) is 0 Å². The summed E-state index contributed by atoms with van der Waals surface area (Å²) < 4.78 is 22.6. The Hall–Kier alpha value is -1.27. The molecule has 0 radical (unpaired) electrons. The van der Waals surface area contributed by atoms with Crippen LogP contribution in [0.4, 0.5) is 5.69 Å². The third-order valence-electron chi connectivity index (χ3n) is 2.81. The van der Waals surface area contributed by atoms with Crippen molar-refractivity contribution >= 4 is 33.8 Å². The third kappa shape index (κ3) is 5.38. The van der Waals surface area contributed by atoms with Crippen molar-refractivity contribution in [2.45, 2.75) is 19.9 Å². The summed E-state index contributed by atoms with van der Waals surface area (Å²) in [5.41, 5.74) is 6.64. The smallest absolute Gasteiger partial charge is 0.254 e. The average Bonchev–Trinajstić information content (AvgIpc) is 2.27. The monoisotopic (exact) mass is 320 g/mol. The molecule has 114 valence electrons. The minimum Gasteiger partial charge on any atom is -0.399 e. The van der Waals surface area contributed by atoms with Crippen molar-refractivity contribution in [2.24, 2.45) is 0 Å². The fourth-order valence-corrected chi connectivity index (χ4v) is 3.08. The molecule has 0 saturated heterocycles. The molecular weight excluding hydrogens is 300 g/mol. The van der Waals surface area contributed by atoms with Crippen LogP contribution in [0.15, 0.2) is 24.3 Å². The summed E-state index contributed by atoms with van der Waals surface area (Å²) in [5, 5.41) is 0. The lowest BCUT2D eigenvalue weighted by atomic mass is 10.1. The van der Waals surface area contributed by atoms with Gasteiger partial charge in [0.25, 0.3) is 5.91 Å². The lowest BCUT2D eigenvalue weighted by Crippen LogP contribution is -2.42. The van der Waals surface area contributed by atoms with Crippen LogP contribution < -0.4 is 5.73 Å². The fraction of sp³-hybridized carbons (Fsp3) is 0.462. The maximum absolute atomic E-state index is 12.3. The van der Waals surface area contributed by atoms with E-state index < -0.39 is 9.84 Å². The van der Waals surface area contributed by atoms with Crippen molar-refractivity contribution in [3.8, 4) is 0 Å². The lowest BCUT2D eigenvalue weighted by Gasteiger charge is -2.27. The Balaban J connectivity index is 0.00000361. The van der Waals surface area contributed by atoms with E-state index in [2.05, 4.69) is 0 Å². The van der Waals surface area contributed by atoms with Crippen LogP contribution in [0.25, 0.3) is 0 Å². The standard InChI is InChI=1S/C13H20N2O3S.ClH/c1-4-15(10(2)9-19(3,17)18)13(16)11-6-5-7-12(14)8-11;/h5-8,10H,4,9,14H2,1-3H3;1H. The number of nitrogens with zero attached hydrogens (tertiary/aromatic N) is 1. The Morgan fingerprint density at radius 3 is 2.45 bits per heavy atom. The minimum absolute atomic E-state index is 0. The van der Waals surface area contributed by atoms with Crippen LogP contribution in [-0.4, -0.2) is 43.8 Å². The first-order valence-electron chi connectivity index (χ1n) is 6.09. The summed E-state index contributed by atoms with van der Waals surface area (Å²) in [6.45, 7) is 4.00. The van der Waals surface area contributed by atoms with Crippen LogP contribution >= 0.6 is 12.4 Å². The van der Waals surface area contributed by atoms with Gasteiger partial charge in [-0.2, -0.15) is 0 Å². The topological polar surface area (TPSA) is 80.5 Å². The number of hydrogen-bond acceptors (Lipinski definition) is 4. The molecule has 0 bridgehead atoms. The molecular formula is C13H21ClN2O3S. The van der Waals surface area contributed by atoms with Crippen LogP contribution in [0.2, 0.25) is 0 Å². The molecule has 7 heteroatoms. The van der Waals surface area contributed by atoms with E-state index in [0.717, 1.165) is 0 Å². The predicted octanol–water partition coefficient (Wildman–Crippen LogP) is 1.59. The molecule has 1 rings (SSSR count). The van der Waals surface area contributed by atoms with Crippen LogP contribution in [-0.2, 0) is 9.84 Å². The molecule has 0 fully saturated rings. The maximum Gasteiger partial charge on any atom is 0.254 e. The number of amides is 1. The van der Waals surface area contributed by atoms with Crippen LogP contribution in [0.1, 0.15) is 24.2 Å². The molecule has 0 aliphatic carbocycles. The molecule has 5 nitrogen and oxygen atoms in total. The number of carbonyl (C=O) groups is 1. The van der Waals surface area contributed by atoms with Crippen molar-refractivity contribution in [3.63, 3.8) is 0 Å². The Morgan fingerprint density at radius 2 is 2.00 bits per heavy atom. The highest BCUT2D eigenvalue weighted by atomic mass is 35.5. The van der Waals surface area contributed by atoms with Crippen molar-refractivity contribution in [1.29, 1.82) is 0 Å². The van der Waals surface area contributed by atoms with E-state index in [1.807, 2.05) is 6.92 Å². The summed E-state index contributed by atoms with van der Waals surface area (Å²) >= 11 is 0. The Morgan fingerprint density at radius 1 is 1.40 bits per heavy atom. The Labute approximate surface area is 126 Å². The van der Waals surface area contributed by atoms with Gasteiger partial charge in [-0.15, -0.1) is 12.4 Å². The number of nitrogens with two attached hydrogens (primary N) is 1. The van der Waals surface area contributed by atoms with Crippen molar-refractivity contribution < 1.29 is 13.2 Å². The third-order valence-corrected chi connectivity index (χ3v) is 3.90. The van der Waals surface area contributed by atoms with Crippen molar-refractivity contribution in [1.82, 2.24) is 4.90 Å². The second kappa shape index (κ2) is 7.50. The minimum atomic E-state index is -3.12. The van der Waals surface area contributed by atoms with E-state index in [4.69, 9.17) is 5.73 Å². The first kappa shape index (κ1) is 18.7. The molecule has 1 aromatic carbocycles. The number of anilines is 1. The van der Waals surface area contributed by atoms with Gasteiger partial charge in [-0.05, 0) is 32.0 Å². The SMILES string of the molecule is CCN(C(=O)c1cccc(N)c1)C(C)CS(C)(=O)=O.Cl. The molecule has 0 aromatic heterocycles. The molecule has 0 aliphatic rings. The highest BCUT2D eigenvalue weighted by molar-refractivity contribution is 7.90. The highest BCUT2D eigenvalue weighted by Gasteiger charge is 2.22. The van der Waals surface area contributed by atoms with Gasteiger partial charge in [0.1, 0.15) is 9.84 Å². The summed E-state index contributed by atoms with van der Waals surface area (Å²) in [6, 6.07) is 6.31. The van der Waals surface area contributed by atoms with Gasteiger partial charge in [-0.25, -0.2) is 8.42 Å². The second-order valence-electron chi connectivity index (χ2n) is 4.66. The zero-order chi connectivity index (χ0) is 14.6. The van der Waals surface area contributed by atoms with Gasteiger partial charge in [-0.1, -0.05) is 6.07 Å². The molecule has 2 N–H and O–H groups in total. The Bertz CT molecular complexity index is 560. The van der Waals surface area contributed by atoms with Crippen LogP contribution in [0.5, 0.6) is 0 Å². The number of nitrogen functional groups attached to an aromatic ring is 1. The van der Waals surface area contributed by atoms with Crippen LogP contribution in [0.3, 0.4) is 0 Å². The molecule has 1 amide bonds. The van der Waals surface area contributed by atoms with E-state index in [0.29, 0.717) is 17.8 Å². The van der Waals surface area contributed by atoms with E-state index in [1.54, 1.807) is 31.2 Å². The number of rotatable bonds is 5. The molecule has 0 saturated carbocycles. The molecule has 1 aromatic rings. The number of hydrogen-bond donors (Lipinski definition) is 1. The van der Waals surface area contributed by atoms with Gasteiger partial charge in [0.05, 0.1) is 5.75 Å². The normalized spacial score (nSPS) is 12.3. The molecule has 20 heavy (non-hydrogen) atoms. The zero-order valence-electron chi connectivity index (χ0n) is 11.9. The van der Waals surface area contributed by atoms with Crippen molar-refractivity contribution in [3.05, 3.63) is 29.8 Å². The molecule has 0 heterocycles. The second-order valence-corrected chi connectivity index (χ2v) is 6.84. The fourth-order valence-electron chi connectivity index (χ4n) is 2.02. The number of benzene rings is 1. The van der Waals surface area contributed by atoms with E-state index in [9.17, 15) is 13.2 Å². The van der Waals surface area contributed by atoms with Gasteiger partial charge < -0.3 is 10.6 Å². The summed E-state index contributed by atoms with van der Waals surface area (Å²) in [5.74, 6) is -0.250. The maximum atomic E-state index is 12.3. The average molecular weight is 321 g/mol. The summed E-state index contributed by atoms with van der Waals surface area (Å²) in [7, 11) is -3.12. The summed E-state index contributed by atoms with van der Waals surface area (Å²) in [6.07, 6.45) is 1.17. The highest BCUT2D eigenvalue weighted by Crippen LogP contribution is 2.12. The number of sulfone groups is 1. The Kier molecular flexibility index (Phi) is 7.02. The van der Waals surface area contributed by atoms with E-state index in [-0.39, 0.29) is 30.1 Å². The largest absolute Gasteiger partial charge is 0.399 e. The predicted molar refractivity (Wildman–Crippen MR) is 84.0 cm³/mol. The van der Waals surface area contributed by atoms with Gasteiger partial charge in [0.2, 0.25) is 0 Å². The number of halogens is 1. The van der Waals surface area contributed by atoms with Gasteiger partial charge in [0, 0.05) is 30.1 Å². The molecule has 0 spiro atoms. The first-order chi connectivity index (χ1) is 8.74. The number of carbonyl (C=O) groups excluding carboxylic acids is 1. The zero-order valence-corrected chi connectivity index (χ0v) is 13.5. The van der Waals surface area contributed by atoms with Gasteiger partial charge >= 0.3 is 0 Å². The van der Waals surface area contributed by atoms with Gasteiger partial charge in [0.15, 0.2) is 0 Å². The lowest BCUT2D eigenvalue weighted by molar-refractivity contribution is 0.0719.